The molecule has 0 unspecified atom stereocenters. The molecule has 0 aliphatic carbocycles. The van der Waals surface area contributed by atoms with Crippen molar-refractivity contribution in [1.82, 2.24) is 0 Å². The molecule has 0 aromatic heterocycles. The van der Waals surface area contributed by atoms with Crippen LogP contribution >= 0.6 is 0 Å². The lowest BCUT2D eigenvalue weighted by molar-refractivity contribution is -0.116. The van der Waals surface area contributed by atoms with E-state index in [0.717, 1.165) is 28.3 Å². The standard InChI is InChI=1S/C18H20F2N2O4S/c1-12-4-7-17(26-2)16(10-12)22(27(3,24)25)9-8-18(23)21-13-5-6-14(19)15(20)11-13/h4-7,10-11H,8-9H2,1-3H3,(H,21,23). The summed E-state index contributed by atoms with van der Waals surface area (Å²) in [6, 6.07) is 8.03. The number of nitrogens with zero attached hydrogens (tertiary/aromatic N) is 1. The highest BCUT2D eigenvalue weighted by Gasteiger charge is 2.22. The molecule has 0 radical (unpaired) electrons. The Kier molecular flexibility index (Phi) is 6.37. The molecule has 146 valence electrons. The van der Waals surface area contributed by atoms with Gasteiger partial charge in [0.25, 0.3) is 0 Å². The molecule has 9 heteroatoms. The normalized spacial score (nSPS) is 11.1. The quantitative estimate of drug-likeness (QED) is 0.778. The number of methoxy groups -OCH3 is 1. The smallest absolute Gasteiger partial charge is 0.232 e. The molecule has 0 saturated carbocycles. The lowest BCUT2D eigenvalue weighted by Crippen LogP contribution is -2.33. The summed E-state index contributed by atoms with van der Waals surface area (Å²) >= 11 is 0. The molecule has 2 aromatic carbocycles. The number of hydrogen-bond donors (Lipinski definition) is 1. The average Bonchev–Trinajstić information content (AvgIpc) is 2.57. The highest BCUT2D eigenvalue weighted by Crippen LogP contribution is 2.31. The van der Waals surface area contributed by atoms with E-state index in [2.05, 4.69) is 5.32 Å². The molecule has 1 N–H and O–H groups in total. The molecular weight excluding hydrogens is 378 g/mol. The number of aryl methyl sites for hydroxylation is 1. The van der Waals surface area contributed by atoms with Gasteiger partial charge in [0.2, 0.25) is 15.9 Å². The summed E-state index contributed by atoms with van der Waals surface area (Å²) in [5, 5.41) is 2.41. The molecule has 0 fully saturated rings. The fourth-order valence-corrected chi connectivity index (χ4v) is 3.38. The van der Waals surface area contributed by atoms with E-state index < -0.39 is 27.6 Å². The second-order valence-corrected chi connectivity index (χ2v) is 7.84. The van der Waals surface area contributed by atoms with Crippen LogP contribution in [-0.4, -0.2) is 34.2 Å². The Morgan fingerprint density at radius 3 is 2.44 bits per heavy atom. The Balaban J connectivity index is 2.17. The van der Waals surface area contributed by atoms with Gasteiger partial charge in [-0.15, -0.1) is 0 Å². The van der Waals surface area contributed by atoms with Crippen LogP contribution in [0.3, 0.4) is 0 Å². The maximum atomic E-state index is 13.2. The highest BCUT2D eigenvalue weighted by molar-refractivity contribution is 7.92. The zero-order valence-corrected chi connectivity index (χ0v) is 15.9. The number of halogens is 2. The second kappa shape index (κ2) is 8.34. The van der Waals surface area contributed by atoms with Crippen LogP contribution in [0.25, 0.3) is 0 Å². The van der Waals surface area contributed by atoms with Gasteiger partial charge in [0.05, 0.1) is 19.1 Å². The van der Waals surface area contributed by atoms with Crippen LogP contribution in [-0.2, 0) is 14.8 Å². The predicted molar refractivity (Wildman–Crippen MR) is 99.5 cm³/mol. The first-order valence-electron chi connectivity index (χ1n) is 7.99. The molecule has 0 spiro atoms. The lowest BCUT2D eigenvalue weighted by Gasteiger charge is -2.24. The third-order valence-corrected chi connectivity index (χ3v) is 4.93. The Bertz CT molecular complexity index is 948. The minimum absolute atomic E-state index is 0.0814. The molecule has 0 saturated heterocycles. The number of anilines is 2. The van der Waals surface area contributed by atoms with Crippen molar-refractivity contribution >= 4 is 27.3 Å². The number of ether oxygens (including phenoxy) is 1. The van der Waals surface area contributed by atoms with Gasteiger partial charge in [-0.25, -0.2) is 17.2 Å². The van der Waals surface area contributed by atoms with Crippen LogP contribution < -0.4 is 14.4 Å². The number of benzene rings is 2. The lowest BCUT2D eigenvalue weighted by atomic mass is 10.2. The first-order chi connectivity index (χ1) is 12.6. The SMILES string of the molecule is COc1ccc(C)cc1N(CCC(=O)Nc1ccc(F)c(F)c1)S(C)(=O)=O. The maximum Gasteiger partial charge on any atom is 0.232 e. The van der Waals surface area contributed by atoms with Gasteiger partial charge in [0.15, 0.2) is 11.6 Å². The van der Waals surface area contributed by atoms with E-state index in [4.69, 9.17) is 4.74 Å². The summed E-state index contributed by atoms with van der Waals surface area (Å²) < 4.78 is 56.9. The van der Waals surface area contributed by atoms with Crippen molar-refractivity contribution in [3.05, 3.63) is 53.6 Å². The zero-order chi connectivity index (χ0) is 20.2. The summed E-state index contributed by atoms with van der Waals surface area (Å²) in [7, 11) is -2.26. The van der Waals surface area contributed by atoms with Gasteiger partial charge >= 0.3 is 0 Å². The summed E-state index contributed by atoms with van der Waals surface area (Å²) in [6.45, 7) is 1.66. The monoisotopic (exact) mass is 398 g/mol. The van der Waals surface area contributed by atoms with E-state index in [1.165, 1.54) is 13.2 Å². The molecule has 0 aliphatic heterocycles. The van der Waals surface area contributed by atoms with Crippen molar-refractivity contribution < 1.29 is 26.7 Å². The van der Waals surface area contributed by atoms with E-state index in [-0.39, 0.29) is 18.7 Å². The van der Waals surface area contributed by atoms with Gasteiger partial charge in [-0.2, -0.15) is 0 Å². The van der Waals surface area contributed by atoms with Crippen molar-refractivity contribution in [3.63, 3.8) is 0 Å². The minimum Gasteiger partial charge on any atom is -0.495 e. The van der Waals surface area contributed by atoms with Crippen LogP contribution in [0.2, 0.25) is 0 Å². The summed E-state index contributed by atoms with van der Waals surface area (Å²) in [6.07, 6.45) is 0.838. The van der Waals surface area contributed by atoms with Crippen molar-refractivity contribution in [2.24, 2.45) is 0 Å². The first-order valence-corrected chi connectivity index (χ1v) is 9.84. The predicted octanol–water partition coefficient (Wildman–Crippen LogP) is 3.08. The molecule has 27 heavy (non-hydrogen) atoms. The summed E-state index contributed by atoms with van der Waals surface area (Å²) in [5.41, 5.74) is 1.23. The number of hydrogen-bond acceptors (Lipinski definition) is 4. The molecule has 0 heterocycles. The Labute approximate surface area is 156 Å². The number of carbonyl (C=O) groups is 1. The number of nitrogens with one attached hydrogen (secondary N) is 1. The molecular formula is C18H20F2N2O4S. The van der Waals surface area contributed by atoms with E-state index in [0.29, 0.717) is 11.4 Å². The topological polar surface area (TPSA) is 75.7 Å². The van der Waals surface area contributed by atoms with Gasteiger partial charge in [-0.05, 0) is 36.8 Å². The fourth-order valence-electron chi connectivity index (χ4n) is 2.46. The third kappa shape index (κ3) is 5.40. The first kappa shape index (κ1) is 20.6. The maximum absolute atomic E-state index is 13.2. The van der Waals surface area contributed by atoms with E-state index in [9.17, 15) is 22.0 Å². The zero-order valence-electron chi connectivity index (χ0n) is 15.1. The van der Waals surface area contributed by atoms with Crippen molar-refractivity contribution in [2.45, 2.75) is 13.3 Å². The van der Waals surface area contributed by atoms with Crippen LogP contribution in [0.1, 0.15) is 12.0 Å². The second-order valence-electron chi connectivity index (χ2n) is 5.94. The molecule has 2 rings (SSSR count). The van der Waals surface area contributed by atoms with Crippen LogP contribution in [0, 0.1) is 18.6 Å². The molecule has 0 aliphatic rings. The Morgan fingerprint density at radius 1 is 1.15 bits per heavy atom. The van der Waals surface area contributed by atoms with Crippen molar-refractivity contribution in [1.29, 1.82) is 0 Å². The largest absolute Gasteiger partial charge is 0.495 e. The molecule has 0 atom stereocenters. The molecule has 2 aromatic rings. The van der Waals surface area contributed by atoms with Gasteiger partial charge < -0.3 is 10.1 Å². The average molecular weight is 398 g/mol. The van der Waals surface area contributed by atoms with Crippen molar-refractivity contribution in [3.8, 4) is 5.75 Å². The Morgan fingerprint density at radius 2 is 1.85 bits per heavy atom. The molecule has 6 nitrogen and oxygen atoms in total. The number of sulfonamides is 1. The van der Waals surface area contributed by atoms with E-state index in [1.54, 1.807) is 25.1 Å². The summed E-state index contributed by atoms with van der Waals surface area (Å²) in [5.74, 6) is -2.30. The van der Waals surface area contributed by atoms with Crippen molar-refractivity contribution in [2.75, 3.05) is 29.5 Å². The van der Waals surface area contributed by atoms with E-state index in [1.807, 2.05) is 0 Å². The number of amides is 1. The van der Waals surface area contributed by atoms with Crippen LogP contribution in [0.5, 0.6) is 5.75 Å². The number of carbonyl (C=O) groups excluding carboxylic acids is 1. The highest BCUT2D eigenvalue weighted by atomic mass is 32.2. The van der Waals surface area contributed by atoms with Gasteiger partial charge in [0.1, 0.15) is 5.75 Å². The van der Waals surface area contributed by atoms with E-state index >= 15 is 0 Å². The summed E-state index contributed by atoms with van der Waals surface area (Å²) in [4.78, 5) is 12.1. The minimum atomic E-state index is -3.68. The number of rotatable bonds is 7. The van der Waals surface area contributed by atoms with Crippen LogP contribution in [0.4, 0.5) is 20.2 Å². The van der Waals surface area contributed by atoms with Gasteiger partial charge in [-0.3, -0.25) is 9.10 Å². The van der Waals surface area contributed by atoms with Gasteiger partial charge in [-0.1, -0.05) is 6.07 Å². The fraction of sp³-hybridized carbons (Fsp3) is 0.278. The van der Waals surface area contributed by atoms with Crippen LogP contribution in [0.15, 0.2) is 36.4 Å². The molecule has 0 bridgehead atoms. The Hall–Kier alpha value is -2.68. The van der Waals surface area contributed by atoms with Gasteiger partial charge in [0, 0.05) is 24.7 Å². The molecule has 1 amide bonds. The third-order valence-electron chi connectivity index (χ3n) is 3.75.